The van der Waals surface area contributed by atoms with Gasteiger partial charge in [0, 0.05) is 25.6 Å². The quantitative estimate of drug-likeness (QED) is 0.592. The lowest BCUT2D eigenvalue weighted by Crippen LogP contribution is -2.50. The Labute approximate surface area is 198 Å². The molecule has 1 amide bonds. The fourth-order valence-corrected chi connectivity index (χ4v) is 5.49. The van der Waals surface area contributed by atoms with Gasteiger partial charge in [0.15, 0.2) is 5.75 Å². The molecule has 0 aromatic heterocycles. The Morgan fingerprint density at radius 2 is 1.94 bits per heavy atom. The molecule has 0 unspecified atom stereocenters. The summed E-state index contributed by atoms with van der Waals surface area (Å²) in [6.07, 6.45) is 7.25. The molecule has 1 saturated carbocycles. The van der Waals surface area contributed by atoms with Gasteiger partial charge in [-0.25, -0.2) is 8.42 Å². The number of nitrogens with zero attached hydrogens (tertiary/aromatic N) is 2. The van der Waals surface area contributed by atoms with Crippen molar-refractivity contribution in [1.29, 1.82) is 0 Å². The van der Waals surface area contributed by atoms with Crippen LogP contribution in [0.3, 0.4) is 0 Å². The number of benzene rings is 1. The number of aliphatic hydroxyl groups excluding tert-OH is 1. The van der Waals surface area contributed by atoms with Gasteiger partial charge in [0.1, 0.15) is 6.10 Å². The molecule has 9 heteroatoms. The number of rotatable bonds is 8. The first-order valence-electron chi connectivity index (χ1n) is 12.0. The monoisotopic (exact) mass is 481 g/mol. The first-order valence-corrected chi connectivity index (χ1v) is 13.9. The molecule has 8 nitrogen and oxygen atoms in total. The van der Waals surface area contributed by atoms with E-state index in [0.29, 0.717) is 24.6 Å². The predicted molar refractivity (Wildman–Crippen MR) is 130 cm³/mol. The molecule has 1 heterocycles. The van der Waals surface area contributed by atoms with E-state index in [2.05, 4.69) is 16.7 Å². The number of anilines is 1. The SMILES string of the molecule is C[C@H]1CN([C@@H](C)CO)C(=O)c2cccc(NS(C)(=O)=O)c2O[C@@H]1CN(C)CC1CCCCC1. The summed E-state index contributed by atoms with van der Waals surface area (Å²) in [7, 11) is -1.46. The second-order valence-electron chi connectivity index (χ2n) is 9.90. The van der Waals surface area contributed by atoms with Crippen LogP contribution in [0, 0.1) is 11.8 Å². The Morgan fingerprint density at radius 3 is 2.58 bits per heavy atom. The number of aliphatic hydroxyl groups is 1. The summed E-state index contributed by atoms with van der Waals surface area (Å²) >= 11 is 0. The van der Waals surface area contributed by atoms with Crippen LogP contribution in [-0.4, -0.2) is 80.9 Å². The molecule has 3 rings (SSSR count). The van der Waals surface area contributed by atoms with E-state index >= 15 is 0 Å². The minimum Gasteiger partial charge on any atom is -0.486 e. The van der Waals surface area contributed by atoms with Crippen molar-refractivity contribution in [2.45, 2.75) is 58.1 Å². The molecule has 1 aromatic carbocycles. The lowest BCUT2D eigenvalue weighted by molar-refractivity contribution is 0.0333. The molecule has 2 N–H and O–H groups in total. The summed E-state index contributed by atoms with van der Waals surface area (Å²) < 4.78 is 32.9. The Balaban J connectivity index is 1.92. The first-order chi connectivity index (χ1) is 15.6. The van der Waals surface area contributed by atoms with Crippen LogP contribution in [0.4, 0.5) is 5.69 Å². The summed E-state index contributed by atoms with van der Waals surface area (Å²) in [5, 5.41) is 9.78. The van der Waals surface area contributed by atoms with Gasteiger partial charge >= 0.3 is 0 Å². The summed E-state index contributed by atoms with van der Waals surface area (Å²) in [5.41, 5.74) is 0.560. The molecule has 0 spiro atoms. The van der Waals surface area contributed by atoms with Crippen LogP contribution in [0.25, 0.3) is 0 Å². The maximum absolute atomic E-state index is 13.4. The third-order valence-electron chi connectivity index (χ3n) is 6.77. The molecule has 1 aromatic rings. The highest BCUT2D eigenvalue weighted by atomic mass is 32.2. The van der Waals surface area contributed by atoms with Gasteiger partial charge in [-0.15, -0.1) is 0 Å². The van der Waals surface area contributed by atoms with Crippen molar-refractivity contribution in [2.75, 3.05) is 44.3 Å². The van der Waals surface area contributed by atoms with Gasteiger partial charge in [0.25, 0.3) is 5.91 Å². The molecule has 0 saturated heterocycles. The van der Waals surface area contributed by atoms with Crippen molar-refractivity contribution in [3.05, 3.63) is 23.8 Å². The minimum atomic E-state index is -3.56. The van der Waals surface area contributed by atoms with E-state index in [1.54, 1.807) is 23.1 Å². The van der Waals surface area contributed by atoms with E-state index < -0.39 is 10.0 Å². The fraction of sp³-hybridized carbons (Fsp3) is 0.708. The van der Waals surface area contributed by atoms with Gasteiger partial charge in [0.2, 0.25) is 10.0 Å². The normalized spacial score (nSPS) is 23.5. The molecule has 1 aliphatic heterocycles. The molecule has 33 heavy (non-hydrogen) atoms. The molecule has 3 atom stereocenters. The molecule has 0 bridgehead atoms. The molecule has 0 radical (unpaired) electrons. The van der Waals surface area contributed by atoms with E-state index in [-0.39, 0.29) is 42.0 Å². The molecule has 1 aliphatic carbocycles. The Bertz CT molecular complexity index is 917. The average Bonchev–Trinajstić information content (AvgIpc) is 2.75. The van der Waals surface area contributed by atoms with E-state index in [1.165, 1.54) is 32.1 Å². The number of nitrogens with one attached hydrogen (secondary N) is 1. The van der Waals surface area contributed by atoms with Gasteiger partial charge in [-0.3, -0.25) is 9.52 Å². The van der Waals surface area contributed by atoms with Crippen LogP contribution in [-0.2, 0) is 10.0 Å². The largest absolute Gasteiger partial charge is 0.486 e. The highest BCUT2D eigenvalue weighted by Crippen LogP contribution is 2.35. The van der Waals surface area contributed by atoms with Crippen LogP contribution in [0.1, 0.15) is 56.3 Å². The van der Waals surface area contributed by atoms with E-state index in [1.807, 2.05) is 13.8 Å². The van der Waals surface area contributed by atoms with Crippen molar-refractivity contribution in [1.82, 2.24) is 9.80 Å². The summed E-state index contributed by atoms with van der Waals surface area (Å²) in [6, 6.07) is 4.55. The topological polar surface area (TPSA) is 99.2 Å². The standard InChI is InChI=1S/C24H39N3O5S/c1-17-13-27(18(2)16-28)24(29)20-11-8-12-21(25-33(4,30)31)23(20)32-22(17)15-26(3)14-19-9-6-5-7-10-19/h8,11-12,17-19,22,25,28H,5-7,9-10,13-16H2,1-4H3/t17-,18-,22+/m0/s1. The first kappa shape index (κ1) is 25.8. The van der Waals surface area contributed by atoms with E-state index in [9.17, 15) is 18.3 Å². The second-order valence-corrected chi connectivity index (χ2v) is 11.7. The molecule has 186 valence electrons. The van der Waals surface area contributed by atoms with Crippen LogP contribution < -0.4 is 9.46 Å². The zero-order valence-electron chi connectivity index (χ0n) is 20.3. The Morgan fingerprint density at radius 1 is 1.24 bits per heavy atom. The second kappa shape index (κ2) is 11.1. The van der Waals surface area contributed by atoms with Gasteiger partial charge in [0.05, 0.1) is 30.2 Å². The molecular weight excluding hydrogens is 442 g/mol. The van der Waals surface area contributed by atoms with Gasteiger partial charge in [-0.1, -0.05) is 32.3 Å². The molecule has 1 fully saturated rings. The van der Waals surface area contributed by atoms with Crippen LogP contribution in [0.5, 0.6) is 5.75 Å². The predicted octanol–water partition coefficient (Wildman–Crippen LogP) is 2.79. The molecule has 2 aliphatic rings. The number of carbonyl (C=O) groups excluding carboxylic acids is 1. The van der Waals surface area contributed by atoms with Gasteiger partial charge in [-0.2, -0.15) is 0 Å². The number of hydrogen-bond donors (Lipinski definition) is 2. The maximum Gasteiger partial charge on any atom is 0.258 e. The summed E-state index contributed by atoms with van der Waals surface area (Å²) in [4.78, 5) is 17.4. The Hall–Kier alpha value is -1.84. The molecular formula is C24H39N3O5S. The van der Waals surface area contributed by atoms with Crippen molar-refractivity contribution < 1.29 is 23.1 Å². The van der Waals surface area contributed by atoms with Crippen LogP contribution in [0.2, 0.25) is 0 Å². The number of hydrogen-bond acceptors (Lipinski definition) is 6. The Kier molecular flexibility index (Phi) is 8.64. The number of sulfonamides is 1. The lowest BCUT2D eigenvalue weighted by atomic mass is 9.89. The highest BCUT2D eigenvalue weighted by molar-refractivity contribution is 7.92. The third kappa shape index (κ3) is 6.83. The van der Waals surface area contributed by atoms with Crippen LogP contribution >= 0.6 is 0 Å². The zero-order valence-corrected chi connectivity index (χ0v) is 21.1. The highest BCUT2D eigenvalue weighted by Gasteiger charge is 2.35. The van der Waals surface area contributed by atoms with Gasteiger partial charge in [-0.05, 0) is 44.9 Å². The number of carbonyl (C=O) groups is 1. The average molecular weight is 482 g/mol. The van der Waals surface area contributed by atoms with E-state index in [4.69, 9.17) is 4.74 Å². The number of fused-ring (bicyclic) bond motifs is 1. The minimum absolute atomic E-state index is 0.0174. The number of amides is 1. The summed E-state index contributed by atoms with van der Waals surface area (Å²) in [5.74, 6) is 0.654. The number of ether oxygens (including phenoxy) is 1. The lowest BCUT2D eigenvalue weighted by Gasteiger charge is -2.39. The third-order valence-corrected chi connectivity index (χ3v) is 7.36. The van der Waals surface area contributed by atoms with Crippen molar-refractivity contribution in [3.63, 3.8) is 0 Å². The number of likely N-dealkylation sites (N-methyl/N-ethyl adjacent to an activating group) is 1. The summed E-state index contributed by atoms with van der Waals surface area (Å²) in [6.45, 7) is 5.82. The smallest absolute Gasteiger partial charge is 0.258 e. The van der Waals surface area contributed by atoms with Crippen molar-refractivity contribution in [2.24, 2.45) is 11.8 Å². The van der Waals surface area contributed by atoms with Crippen molar-refractivity contribution >= 4 is 21.6 Å². The van der Waals surface area contributed by atoms with Gasteiger partial charge < -0.3 is 19.6 Å². The number of para-hydroxylation sites is 1. The fourth-order valence-electron chi connectivity index (χ4n) is 4.93. The van der Waals surface area contributed by atoms with E-state index in [0.717, 1.165) is 12.8 Å². The van der Waals surface area contributed by atoms with Crippen LogP contribution in [0.15, 0.2) is 18.2 Å². The zero-order chi connectivity index (χ0) is 24.2. The van der Waals surface area contributed by atoms with Crippen molar-refractivity contribution in [3.8, 4) is 5.75 Å². The maximum atomic E-state index is 13.4.